The Morgan fingerprint density at radius 2 is 1.77 bits per heavy atom. The molecule has 4 aromatic rings. The lowest BCUT2D eigenvalue weighted by Gasteiger charge is -2.02. The predicted octanol–water partition coefficient (Wildman–Crippen LogP) is 3.70. The first kappa shape index (κ1) is 16.2. The van der Waals surface area contributed by atoms with E-state index in [9.17, 15) is 4.79 Å². The molecule has 2 aromatic carbocycles. The van der Waals surface area contributed by atoms with Crippen molar-refractivity contribution in [1.29, 1.82) is 0 Å². The minimum Gasteiger partial charge on any atom is -0.296 e. The first-order chi connectivity index (χ1) is 12.8. The Morgan fingerprint density at radius 3 is 2.46 bits per heavy atom. The summed E-state index contributed by atoms with van der Waals surface area (Å²) >= 11 is 1.28. The summed E-state index contributed by atoms with van der Waals surface area (Å²) in [5.74, 6) is -0.250. The van der Waals surface area contributed by atoms with Crippen molar-refractivity contribution >= 4 is 22.4 Å². The summed E-state index contributed by atoms with van der Waals surface area (Å²) in [5.41, 5.74) is 4.73. The number of aromatic nitrogens is 4. The zero-order valence-electron chi connectivity index (χ0n) is 13.7. The van der Waals surface area contributed by atoms with Gasteiger partial charge in [0.2, 0.25) is 5.13 Å². The smallest absolute Gasteiger partial charge is 0.261 e. The van der Waals surface area contributed by atoms with Gasteiger partial charge in [-0.3, -0.25) is 14.8 Å². The van der Waals surface area contributed by atoms with E-state index in [4.69, 9.17) is 0 Å². The van der Waals surface area contributed by atoms with E-state index in [1.54, 1.807) is 16.4 Å². The van der Waals surface area contributed by atoms with Gasteiger partial charge in [0, 0.05) is 11.8 Å². The van der Waals surface area contributed by atoms with Gasteiger partial charge in [-0.1, -0.05) is 72.0 Å². The van der Waals surface area contributed by atoms with E-state index in [2.05, 4.69) is 20.6 Å². The molecule has 2 heterocycles. The van der Waals surface area contributed by atoms with Gasteiger partial charge in [-0.05, 0) is 5.56 Å². The van der Waals surface area contributed by atoms with Crippen molar-refractivity contribution in [3.63, 3.8) is 0 Å². The average molecular weight is 361 g/mol. The van der Waals surface area contributed by atoms with Crippen LogP contribution >= 0.6 is 11.3 Å². The second kappa shape index (κ2) is 7.28. The maximum Gasteiger partial charge on any atom is 0.261 e. The molecule has 0 saturated heterocycles. The van der Waals surface area contributed by atoms with Gasteiger partial charge in [0.25, 0.3) is 5.91 Å². The number of hydrogen-bond acceptors (Lipinski definition) is 5. The molecule has 0 radical (unpaired) electrons. The normalized spacial score (nSPS) is 10.6. The van der Waals surface area contributed by atoms with Gasteiger partial charge in [-0.2, -0.15) is 5.10 Å². The fraction of sp³-hybridized carbons (Fsp3) is 0.0526. The number of nitrogens with zero attached hydrogens (tertiary/aromatic N) is 4. The highest BCUT2D eigenvalue weighted by Crippen LogP contribution is 2.23. The molecule has 4 rings (SSSR count). The number of carbonyl (C=O) groups excluding carboxylic acids is 1. The lowest BCUT2D eigenvalue weighted by molar-refractivity contribution is 0.102. The van der Waals surface area contributed by atoms with Crippen molar-refractivity contribution in [1.82, 2.24) is 20.0 Å². The van der Waals surface area contributed by atoms with Crippen molar-refractivity contribution in [3.05, 3.63) is 83.5 Å². The molecular weight excluding hydrogens is 346 g/mol. The molecule has 1 amide bonds. The van der Waals surface area contributed by atoms with Crippen molar-refractivity contribution in [2.24, 2.45) is 0 Å². The molecule has 6 nitrogen and oxygen atoms in total. The zero-order chi connectivity index (χ0) is 17.8. The molecule has 0 fully saturated rings. The lowest BCUT2D eigenvalue weighted by Crippen LogP contribution is -2.12. The Morgan fingerprint density at radius 1 is 1.04 bits per heavy atom. The standard InChI is InChI=1S/C19H15N5OS/c25-18(21-19-22-20-13-26-19)16-12-24(11-14-7-3-1-4-8-14)23-17(16)15-9-5-2-6-10-15/h1-10,12-13H,11H2,(H,21,22,25). The number of rotatable bonds is 5. The summed E-state index contributed by atoms with van der Waals surface area (Å²) in [6.07, 6.45) is 1.77. The van der Waals surface area contributed by atoms with Crippen LogP contribution in [0.2, 0.25) is 0 Å². The Balaban J connectivity index is 1.69. The minimum absolute atomic E-state index is 0.250. The number of amides is 1. The van der Waals surface area contributed by atoms with Gasteiger partial charge in [0.1, 0.15) is 11.2 Å². The molecular formula is C19H15N5OS. The van der Waals surface area contributed by atoms with Crippen LogP contribution in [0.3, 0.4) is 0 Å². The molecule has 0 aliphatic heterocycles. The average Bonchev–Trinajstić information content (AvgIpc) is 3.33. The van der Waals surface area contributed by atoms with E-state index in [1.807, 2.05) is 60.7 Å². The van der Waals surface area contributed by atoms with E-state index in [0.29, 0.717) is 22.9 Å². The number of carbonyl (C=O) groups is 1. The van der Waals surface area contributed by atoms with Gasteiger partial charge in [0.15, 0.2) is 0 Å². The molecule has 0 bridgehead atoms. The Labute approximate surface area is 154 Å². The van der Waals surface area contributed by atoms with Crippen molar-refractivity contribution in [3.8, 4) is 11.3 Å². The Bertz CT molecular complexity index is 997. The zero-order valence-corrected chi connectivity index (χ0v) is 14.6. The first-order valence-electron chi connectivity index (χ1n) is 8.04. The van der Waals surface area contributed by atoms with Crippen molar-refractivity contribution in [2.45, 2.75) is 6.54 Å². The summed E-state index contributed by atoms with van der Waals surface area (Å²) < 4.78 is 1.78. The van der Waals surface area contributed by atoms with Crippen LogP contribution in [0.1, 0.15) is 15.9 Å². The van der Waals surface area contributed by atoms with Crippen LogP contribution in [0.25, 0.3) is 11.3 Å². The van der Waals surface area contributed by atoms with Gasteiger partial charge in [-0.15, -0.1) is 10.2 Å². The monoisotopic (exact) mass is 361 g/mol. The van der Waals surface area contributed by atoms with Gasteiger partial charge in [-0.25, -0.2) is 0 Å². The quantitative estimate of drug-likeness (QED) is 0.588. The molecule has 26 heavy (non-hydrogen) atoms. The topological polar surface area (TPSA) is 72.7 Å². The molecule has 0 unspecified atom stereocenters. The predicted molar refractivity (Wildman–Crippen MR) is 101 cm³/mol. The molecule has 0 aliphatic rings. The van der Waals surface area contributed by atoms with E-state index >= 15 is 0 Å². The van der Waals surface area contributed by atoms with Gasteiger partial charge in [0.05, 0.1) is 12.1 Å². The van der Waals surface area contributed by atoms with E-state index in [-0.39, 0.29) is 5.91 Å². The fourth-order valence-electron chi connectivity index (χ4n) is 2.64. The number of anilines is 1. The van der Waals surface area contributed by atoms with E-state index in [1.165, 1.54) is 11.3 Å². The largest absolute Gasteiger partial charge is 0.296 e. The minimum atomic E-state index is -0.250. The Kier molecular flexibility index (Phi) is 4.53. The summed E-state index contributed by atoms with van der Waals surface area (Å²) in [7, 11) is 0. The maximum absolute atomic E-state index is 12.7. The van der Waals surface area contributed by atoms with Crippen LogP contribution in [0.5, 0.6) is 0 Å². The van der Waals surface area contributed by atoms with Gasteiger partial charge >= 0.3 is 0 Å². The van der Waals surface area contributed by atoms with Crippen molar-refractivity contribution in [2.75, 3.05) is 5.32 Å². The van der Waals surface area contributed by atoms with Crippen LogP contribution in [0.4, 0.5) is 5.13 Å². The van der Waals surface area contributed by atoms with Crippen LogP contribution in [-0.2, 0) is 6.54 Å². The molecule has 0 aliphatic carbocycles. The SMILES string of the molecule is O=C(Nc1nncs1)c1cn(Cc2ccccc2)nc1-c1ccccc1. The lowest BCUT2D eigenvalue weighted by atomic mass is 10.1. The highest BCUT2D eigenvalue weighted by Gasteiger charge is 2.19. The molecule has 7 heteroatoms. The summed E-state index contributed by atoms with van der Waals surface area (Å²) in [4.78, 5) is 12.7. The molecule has 0 saturated carbocycles. The molecule has 0 atom stereocenters. The summed E-state index contributed by atoms with van der Waals surface area (Å²) in [5, 5.41) is 15.5. The van der Waals surface area contributed by atoms with E-state index < -0.39 is 0 Å². The van der Waals surface area contributed by atoms with Crippen LogP contribution in [-0.4, -0.2) is 25.9 Å². The third-order valence-corrected chi connectivity index (χ3v) is 4.43. The van der Waals surface area contributed by atoms with Crippen molar-refractivity contribution < 1.29 is 4.79 Å². The molecule has 1 N–H and O–H groups in total. The molecule has 2 aromatic heterocycles. The molecule has 0 spiro atoms. The highest BCUT2D eigenvalue weighted by molar-refractivity contribution is 7.13. The van der Waals surface area contributed by atoms with E-state index in [0.717, 1.165) is 11.1 Å². The van der Waals surface area contributed by atoms with Crippen LogP contribution < -0.4 is 5.32 Å². The first-order valence-corrected chi connectivity index (χ1v) is 8.92. The second-order valence-electron chi connectivity index (χ2n) is 5.64. The fourth-order valence-corrected chi connectivity index (χ4v) is 3.08. The third kappa shape index (κ3) is 3.52. The molecule has 128 valence electrons. The third-order valence-electron chi connectivity index (χ3n) is 3.82. The van der Waals surface area contributed by atoms with Gasteiger partial charge < -0.3 is 0 Å². The second-order valence-corrected chi connectivity index (χ2v) is 6.47. The number of hydrogen-bond donors (Lipinski definition) is 1. The van der Waals surface area contributed by atoms with Crippen LogP contribution in [0.15, 0.2) is 72.4 Å². The van der Waals surface area contributed by atoms with Crippen LogP contribution in [0, 0.1) is 0 Å². The number of nitrogens with one attached hydrogen (secondary N) is 1. The summed E-state index contributed by atoms with van der Waals surface area (Å²) in [6, 6.07) is 19.7. The maximum atomic E-state index is 12.7. The summed E-state index contributed by atoms with van der Waals surface area (Å²) in [6.45, 7) is 0.590. The Hall–Kier alpha value is -3.32. The highest BCUT2D eigenvalue weighted by atomic mass is 32.1. The number of benzene rings is 2.